The first-order chi connectivity index (χ1) is 12.6. The van der Waals surface area contributed by atoms with Gasteiger partial charge in [0, 0.05) is 11.4 Å². The number of aryl methyl sites for hydroxylation is 2. The zero-order valence-electron chi connectivity index (χ0n) is 14.2. The van der Waals surface area contributed by atoms with Crippen LogP contribution in [0.1, 0.15) is 17.2 Å². The van der Waals surface area contributed by atoms with E-state index < -0.39 is 0 Å². The SMILES string of the molecule is Cc1cc(C)n2nc(CC(=O)Nc3ccc(-n4cncn4)nc3)nc2n1. The molecule has 0 aliphatic carbocycles. The average molecular weight is 349 g/mol. The van der Waals surface area contributed by atoms with Crippen molar-refractivity contribution in [2.45, 2.75) is 20.3 Å². The standard InChI is InChI=1S/C16H15N9O/c1-10-5-11(2)25-16(20-10)22-13(23-25)6-15(26)21-12-3-4-14(18-7-12)24-9-17-8-19-24/h3-5,7-9H,6H2,1-2H3,(H,21,26). The van der Waals surface area contributed by atoms with Crippen molar-refractivity contribution in [3.05, 3.63) is 54.3 Å². The van der Waals surface area contributed by atoms with Gasteiger partial charge in [-0.15, -0.1) is 5.10 Å². The summed E-state index contributed by atoms with van der Waals surface area (Å²) < 4.78 is 3.16. The molecule has 4 aromatic heterocycles. The summed E-state index contributed by atoms with van der Waals surface area (Å²) in [6.45, 7) is 3.81. The van der Waals surface area contributed by atoms with Crippen molar-refractivity contribution in [2.75, 3.05) is 5.32 Å². The minimum atomic E-state index is -0.231. The lowest BCUT2D eigenvalue weighted by Crippen LogP contribution is -2.15. The topological polar surface area (TPSA) is 116 Å². The Morgan fingerprint density at radius 1 is 1.23 bits per heavy atom. The highest BCUT2D eigenvalue weighted by atomic mass is 16.1. The molecule has 0 fully saturated rings. The fourth-order valence-corrected chi connectivity index (χ4v) is 2.55. The summed E-state index contributed by atoms with van der Waals surface area (Å²) in [4.78, 5) is 29.0. The summed E-state index contributed by atoms with van der Waals surface area (Å²) in [6.07, 6.45) is 4.58. The first-order valence-electron chi connectivity index (χ1n) is 7.89. The molecule has 1 N–H and O–H groups in total. The lowest BCUT2D eigenvalue weighted by molar-refractivity contribution is -0.115. The van der Waals surface area contributed by atoms with Gasteiger partial charge in [-0.3, -0.25) is 4.79 Å². The maximum absolute atomic E-state index is 12.2. The molecule has 4 aromatic rings. The van der Waals surface area contributed by atoms with Crippen LogP contribution in [0.4, 0.5) is 5.69 Å². The van der Waals surface area contributed by atoms with Crippen molar-refractivity contribution in [3.8, 4) is 5.82 Å². The molecule has 0 saturated carbocycles. The van der Waals surface area contributed by atoms with Crippen LogP contribution in [0.5, 0.6) is 0 Å². The van der Waals surface area contributed by atoms with E-state index in [0.717, 1.165) is 11.4 Å². The van der Waals surface area contributed by atoms with Crippen molar-refractivity contribution in [1.82, 2.24) is 39.3 Å². The van der Waals surface area contributed by atoms with E-state index in [-0.39, 0.29) is 12.3 Å². The highest BCUT2D eigenvalue weighted by Gasteiger charge is 2.12. The number of nitrogens with zero attached hydrogens (tertiary/aromatic N) is 8. The lowest BCUT2D eigenvalue weighted by atomic mass is 10.3. The average Bonchev–Trinajstić information content (AvgIpc) is 3.25. The van der Waals surface area contributed by atoms with Gasteiger partial charge in [0.15, 0.2) is 11.6 Å². The molecule has 0 spiro atoms. The van der Waals surface area contributed by atoms with Crippen LogP contribution in [0.25, 0.3) is 11.6 Å². The number of rotatable bonds is 4. The number of amides is 1. The molecule has 0 aliphatic heterocycles. The van der Waals surface area contributed by atoms with Crippen molar-refractivity contribution in [3.63, 3.8) is 0 Å². The van der Waals surface area contributed by atoms with Crippen molar-refractivity contribution < 1.29 is 4.79 Å². The Balaban J connectivity index is 1.46. The Kier molecular flexibility index (Phi) is 3.84. The van der Waals surface area contributed by atoms with Crippen LogP contribution in [0, 0.1) is 13.8 Å². The van der Waals surface area contributed by atoms with E-state index in [0.29, 0.717) is 23.1 Å². The van der Waals surface area contributed by atoms with Crippen molar-refractivity contribution in [1.29, 1.82) is 0 Å². The zero-order valence-corrected chi connectivity index (χ0v) is 14.2. The van der Waals surface area contributed by atoms with Crippen LogP contribution < -0.4 is 5.32 Å². The number of hydrogen-bond acceptors (Lipinski definition) is 7. The van der Waals surface area contributed by atoms with Gasteiger partial charge in [-0.25, -0.2) is 24.1 Å². The summed E-state index contributed by atoms with van der Waals surface area (Å²) in [5.74, 6) is 1.28. The second kappa shape index (κ2) is 6.31. The number of carbonyl (C=O) groups excluding carboxylic acids is 1. The molecule has 4 rings (SSSR count). The largest absolute Gasteiger partial charge is 0.324 e. The number of nitrogens with one attached hydrogen (secondary N) is 1. The van der Waals surface area contributed by atoms with E-state index in [1.54, 1.807) is 29.2 Å². The fourth-order valence-electron chi connectivity index (χ4n) is 2.55. The number of carbonyl (C=O) groups is 1. The Morgan fingerprint density at radius 2 is 2.12 bits per heavy atom. The molecule has 0 atom stereocenters. The molecule has 0 saturated heterocycles. The predicted molar refractivity (Wildman–Crippen MR) is 91.7 cm³/mol. The van der Waals surface area contributed by atoms with E-state index in [4.69, 9.17) is 0 Å². The summed E-state index contributed by atoms with van der Waals surface area (Å²) in [7, 11) is 0. The first-order valence-corrected chi connectivity index (χ1v) is 7.89. The minimum Gasteiger partial charge on any atom is -0.324 e. The first kappa shape index (κ1) is 15.8. The molecule has 0 aliphatic rings. The third kappa shape index (κ3) is 3.11. The molecule has 0 bridgehead atoms. The Labute approximate surface area is 148 Å². The molecule has 1 amide bonds. The fraction of sp³-hybridized carbons (Fsp3) is 0.188. The maximum atomic E-state index is 12.2. The summed E-state index contributed by atoms with van der Waals surface area (Å²) >= 11 is 0. The van der Waals surface area contributed by atoms with Crippen LogP contribution >= 0.6 is 0 Å². The number of fused-ring (bicyclic) bond motifs is 1. The zero-order chi connectivity index (χ0) is 18.1. The summed E-state index contributed by atoms with van der Waals surface area (Å²) in [5.41, 5.74) is 2.35. The Morgan fingerprint density at radius 3 is 2.85 bits per heavy atom. The van der Waals surface area contributed by atoms with E-state index in [1.165, 1.54) is 11.0 Å². The highest BCUT2D eigenvalue weighted by Crippen LogP contribution is 2.10. The van der Waals surface area contributed by atoms with Crippen LogP contribution in [0.15, 0.2) is 37.1 Å². The van der Waals surface area contributed by atoms with Gasteiger partial charge in [0.05, 0.1) is 18.3 Å². The maximum Gasteiger partial charge on any atom is 0.252 e. The molecule has 26 heavy (non-hydrogen) atoms. The molecule has 130 valence electrons. The van der Waals surface area contributed by atoms with Gasteiger partial charge >= 0.3 is 0 Å². The van der Waals surface area contributed by atoms with E-state index in [9.17, 15) is 4.79 Å². The Hall–Kier alpha value is -3.69. The number of hydrogen-bond donors (Lipinski definition) is 1. The highest BCUT2D eigenvalue weighted by molar-refractivity contribution is 5.91. The summed E-state index contributed by atoms with van der Waals surface area (Å²) in [6, 6.07) is 5.39. The third-order valence-electron chi connectivity index (χ3n) is 3.67. The van der Waals surface area contributed by atoms with Gasteiger partial charge in [0.2, 0.25) is 5.91 Å². The smallest absolute Gasteiger partial charge is 0.252 e. The quantitative estimate of drug-likeness (QED) is 0.582. The van der Waals surface area contributed by atoms with Crippen LogP contribution in [-0.4, -0.2) is 45.2 Å². The van der Waals surface area contributed by atoms with Gasteiger partial charge < -0.3 is 5.32 Å². The van der Waals surface area contributed by atoms with Gasteiger partial charge in [-0.1, -0.05) is 0 Å². The molecule has 10 heteroatoms. The van der Waals surface area contributed by atoms with Crippen LogP contribution in [0.3, 0.4) is 0 Å². The number of pyridine rings is 1. The van der Waals surface area contributed by atoms with Crippen molar-refractivity contribution >= 4 is 17.4 Å². The third-order valence-corrected chi connectivity index (χ3v) is 3.67. The van der Waals surface area contributed by atoms with E-state index in [2.05, 4.69) is 35.5 Å². The van der Waals surface area contributed by atoms with Gasteiger partial charge in [0.25, 0.3) is 5.78 Å². The molecule has 0 radical (unpaired) electrons. The van der Waals surface area contributed by atoms with E-state index >= 15 is 0 Å². The molecule has 10 nitrogen and oxygen atoms in total. The molecular weight excluding hydrogens is 334 g/mol. The molecule has 0 aromatic carbocycles. The summed E-state index contributed by atoms with van der Waals surface area (Å²) in [5, 5.41) is 11.1. The second-order valence-corrected chi connectivity index (χ2v) is 5.75. The second-order valence-electron chi connectivity index (χ2n) is 5.75. The Bertz CT molecular complexity index is 1070. The van der Waals surface area contributed by atoms with Gasteiger partial charge in [-0.2, -0.15) is 10.1 Å². The van der Waals surface area contributed by atoms with Crippen LogP contribution in [-0.2, 0) is 11.2 Å². The van der Waals surface area contributed by atoms with Crippen LogP contribution in [0.2, 0.25) is 0 Å². The number of anilines is 1. The normalized spacial score (nSPS) is 11.0. The van der Waals surface area contributed by atoms with E-state index in [1.807, 2.05) is 19.9 Å². The number of aromatic nitrogens is 8. The molecule has 0 unspecified atom stereocenters. The molecule has 4 heterocycles. The lowest BCUT2D eigenvalue weighted by Gasteiger charge is -2.04. The monoisotopic (exact) mass is 349 g/mol. The minimum absolute atomic E-state index is 0.0483. The van der Waals surface area contributed by atoms with Gasteiger partial charge in [-0.05, 0) is 32.0 Å². The molecular formula is C16H15N9O. The predicted octanol–water partition coefficient (Wildman–Crippen LogP) is 0.898. The van der Waals surface area contributed by atoms with Crippen molar-refractivity contribution in [2.24, 2.45) is 0 Å². The van der Waals surface area contributed by atoms with Gasteiger partial charge in [0.1, 0.15) is 12.7 Å².